The second kappa shape index (κ2) is 6.45. The second-order valence-corrected chi connectivity index (χ2v) is 5.38. The van der Waals surface area contributed by atoms with Crippen LogP contribution in [-0.2, 0) is 13.0 Å². The van der Waals surface area contributed by atoms with E-state index in [1.54, 1.807) is 6.20 Å². The molecule has 0 spiro atoms. The van der Waals surface area contributed by atoms with E-state index >= 15 is 0 Å². The third-order valence-electron chi connectivity index (χ3n) is 3.78. The van der Waals surface area contributed by atoms with E-state index in [-0.39, 0.29) is 0 Å². The molecule has 0 radical (unpaired) electrons. The van der Waals surface area contributed by atoms with Crippen molar-refractivity contribution in [1.82, 2.24) is 40.0 Å². The Balaban J connectivity index is 1.52. The Labute approximate surface area is 138 Å². The van der Waals surface area contributed by atoms with Gasteiger partial charge in [-0.2, -0.15) is 10.3 Å². The molecule has 24 heavy (non-hydrogen) atoms. The lowest BCUT2D eigenvalue weighted by molar-refractivity contribution is 0.634. The van der Waals surface area contributed by atoms with Crippen LogP contribution in [0.15, 0.2) is 55.1 Å². The summed E-state index contributed by atoms with van der Waals surface area (Å²) in [5.41, 5.74) is 2.08. The number of benzene rings is 1. The van der Waals surface area contributed by atoms with Gasteiger partial charge < -0.3 is 4.57 Å². The monoisotopic (exact) mass is 320 g/mol. The third kappa shape index (κ3) is 2.94. The number of nitrogens with zero attached hydrogens (tertiary/aromatic N) is 7. The summed E-state index contributed by atoms with van der Waals surface area (Å²) in [6, 6.07) is 10.1. The summed E-state index contributed by atoms with van der Waals surface area (Å²) in [4.78, 5) is 4.51. The lowest BCUT2D eigenvalue weighted by Crippen LogP contribution is -2.02. The van der Waals surface area contributed by atoms with Crippen molar-refractivity contribution in [2.24, 2.45) is 0 Å². The molecule has 0 saturated heterocycles. The van der Waals surface area contributed by atoms with E-state index in [9.17, 15) is 0 Å². The molecule has 4 rings (SSSR count). The highest BCUT2D eigenvalue weighted by Crippen LogP contribution is 2.21. The fourth-order valence-electron chi connectivity index (χ4n) is 2.65. The Bertz CT molecular complexity index is 892. The minimum absolute atomic E-state index is 0.734. The third-order valence-corrected chi connectivity index (χ3v) is 3.78. The Morgan fingerprint density at radius 1 is 1.08 bits per heavy atom. The SMILES string of the molecule is c1cc(-c2nccn2CCCc2nn[nH]n2)cc(-n2cccn2)c1. The largest absolute Gasteiger partial charge is 0.331 e. The van der Waals surface area contributed by atoms with Crippen LogP contribution in [0.25, 0.3) is 17.1 Å². The highest BCUT2D eigenvalue weighted by molar-refractivity contribution is 5.59. The first-order valence-electron chi connectivity index (χ1n) is 7.74. The molecule has 0 bridgehead atoms. The maximum Gasteiger partial charge on any atom is 0.174 e. The Hall–Kier alpha value is -3.29. The predicted molar refractivity (Wildman–Crippen MR) is 87.3 cm³/mol. The van der Waals surface area contributed by atoms with Crippen LogP contribution in [0, 0.1) is 0 Å². The van der Waals surface area contributed by atoms with Crippen LogP contribution in [0.5, 0.6) is 0 Å². The molecule has 120 valence electrons. The lowest BCUT2D eigenvalue weighted by atomic mass is 10.2. The summed E-state index contributed by atoms with van der Waals surface area (Å²) in [7, 11) is 0. The van der Waals surface area contributed by atoms with Crippen molar-refractivity contribution >= 4 is 0 Å². The number of aryl methyl sites for hydroxylation is 2. The maximum absolute atomic E-state index is 4.51. The summed E-state index contributed by atoms with van der Waals surface area (Å²) in [6.07, 6.45) is 9.21. The highest BCUT2D eigenvalue weighted by Gasteiger charge is 2.08. The van der Waals surface area contributed by atoms with E-state index in [0.29, 0.717) is 0 Å². The fourth-order valence-corrected chi connectivity index (χ4v) is 2.65. The minimum Gasteiger partial charge on any atom is -0.331 e. The molecule has 0 aliphatic rings. The van der Waals surface area contributed by atoms with Crippen molar-refractivity contribution in [3.63, 3.8) is 0 Å². The molecule has 0 aliphatic heterocycles. The number of hydrogen-bond acceptors (Lipinski definition) is 5. The first kappa shape index (κ1) is 14.3. The normalized spacial score (nSPS) is 11.0. The molecule has 4 aromatic rings. The van der Waals surface area contributed by atoms with Crippen LogP contribution in [0.2, 0.25) is 0 Å². The minimum atomic E-state index is 0.734. The van der Waals surface area contributed by atoms with E-state index in [1.807, 2.05) is 41.5 Å². The average molecular weight is 320 g/mol. The molecule has 0 fully saturated rings. The number of aromatic amines is 1. The van der Waals surface area contributed by atoms with Crippen LogP contribution in [-0.4, -0.2) is 40.0 Å². The molecule has 0 atom stereocenters. The Morgan fingerprint density at radius 3 is 2.92 bits per heavy atom. The zero-order valence-electron chi connectivity index (χ0n) is 12.9. The van der Waals surface area contributed by atoms with Crippen molar-refractivity contribution in [3.05, 3.63) is 60.9 Å². The number of nitrogens with one attached hydrogen (secondary N) is 1. The van der Waals surface area contributed by atoms with Gasteiger partial charge in [-0.05, 0) is 24.6 Å². The summed E-state index contributed by atoms with van der Waals surface area (Å²) in [5, 5.41) is 18.3. The van der Waals surface area contributed by atoms with Crippen LogP contribution < -0.4 is 0 Å². The van der Waals surface area contributed by atoms with E-state index in [0.717, 1.165) is 42.3 Å². The van der Waals surface area contributed by atoms with Crippen molar-refractivity contribution < 1.29 is 0 Å². The van der Waals surface area contributed by atoms with Gasteiger partial charge in [0.1, 0.15) is 5.82 Å². The van der Waals surface area contributed by atoms with Crippen LogP contribution in [0.1, 0.15) is 12.2 Å². The summed E-state index contributed by atoms with van der Waals surface area (Å²) >= 11 is 0. The molecule has 1 N–H and O–H groups in total. The smallest absolute Gasteiger partial charge is 0.174 e. The van der Waals surface area contributed by atoms with E-state index in [2.05, 4.69) is 47.4 Å². The Morgan fingerprint density at radius 2 is 2.08 bits per heavy atom. The molecule has 0 aliphatic carbocycles. The fraction of sp³-hybridized carbons (Fsp3) is 0.188. The molecule has 0 saturated carbocycles. The summed E-state index contributed by atoms with van der Waals surface area (Å²) < 4.78 is 3.98. The molecule has 8 nitrogen and oxygen atoms in total. The molecule has 8 heteroatoms. The molecule has 0 unspecified atom stereocenters. The second-order valence-electron chi connectivity index (χ2n) is 5.38. The maximum atomic E-state index is 4.51. The van der Waals surface area contributed by atoms with Gasteiger partial charge in [-0.3, -0.25) is 0 Å². The van der Waals surface area contributed by atoms with Crippen molar-refractivity contribution in [3.8, 4) is 17.1 Å². The number of H-pyrrole nitrogens is 1. The number of aromatic nitrogens is 8. The molecular formula is C16H16N8. The molecule has 0 amide bonds. The molecular weight excluding hydrogens is 304 g/mol. The number of rotatable bonds is 6. The van der Waals surface area contributed by atoms with Gasteiger partial charge in [0, 0.05) is 43.3 Å². The molecule has 3 aromatic heterocycles. The van der Waals surface area contributed by atoms with Crippen LogP contribution in [0.4, 0.5) is 0 Å². The van der Waals surface area contributed by atoms with Crippen molar-refractivity contribution in [2.45, 2.75) is 19.4 Å². The van der Waals surface area contributed by atoms with Gasteiger partial charge >= 0.3 is 0 Å². The van der Waals surface area contributed by atoms with E-state index in [4.69, 9.17) is 0 Å². The van der Waals surface area contributed by atoms with Crippen molar-refractivity contribution in [1.29, 1.82) is 0 Å². The van der Waals surface area contributed by atoms with Gasteiger partial charge in [0.05, 0.1) is 5.69 Å². The lowest BCUT2D eigenvalue weighted by Gasteiger charge is -2.09. The molecule has 1 aromatic carbocycles. The summed E-state index contributed by atoms with van der Waals surface area (Å²) in [6.45, 7) is 0.843. The zero-order chi connectivity index (χ0) is 16.2. The van der Waals surface area contributed by atoms with Gasteiger partial charge in [-0.25, -0.2) is 9.67 Å². The molecule has 3 heterocycles. The van der Waals surface area contributed by atoms with Gasteiger partial charge in [0.2, 0.25) is 0 Å². The van der Waals surface area contributed by atoms with Gasteiger partial charge in [-0.15, -0.1) is 10.2 Å². The topological polar surface area (TPSA) is 90.1 Å². The predicted octanol–water partition coefficient (Wildman–Crippen LogP) is 1.88. The number of imidazole rings is 1. The number of tetrazole rings is 1. The van der Waals surface area contributed by atoms with Crippen LogP contribution >= 0.6 is 0 Å². The number of hydrogen-bond donors (Lipinski definition) is 1. The Kier molecular flexibility index (Phi) is 3.85. The highest BCUT2D eigenvalue weighted by atomic mass is 15.5. The van der Waals surface area contributed by atoms with E-state index < -0.39 is 0 Å². The average Bonchev–Trinajstić information content (AvgIpc) is 3.37. The zero-order valence-corrected chi connectivity index (χ0v) is 12.9. The first-order valence-corrected chi connectivity index (χ1v) is 7.74. The van der Waals surface area contributed by atoms with Crippen LogP contribution in [0.3, 0.4) is 0 Å². The first-order chi connectivity index (χ1) is 11.9. The quantitative estimate of drug-likeness (QED) is 0.586. The van der Waals surface area contributed by atoms with Gasteiger partial charge in [0.25, 0.3) is 0 Å². The van der Waals surface area contributed by atoms with E-state index in [1.165, 1.54) is 0 Å². The standard InChI is InChI=1S/C16H16N8/c1-4-13(12-14(5-1)24-10-3-7-18-24)16-17-8-11-23(16)9-2-6-15-19-21-22-20-15/h1,3-5,7-8,10-12H,2,6,9H2,(H,19,20,21,22). The van der Waals surface area contributed by atoms with Gasteiger partial charge in [0.15, 0.2) is 5.82 Å². The van der Waals surface area contributed by atoms with Crippen molar-refractivity contribution in [2.75, 3.05) is 0 Å². The van der Waals surface area contributed by atoms with Gasteiger partial charge in [-0.1, -0.05) is 17.3 Å². The summed E-state index contributed by atoms with van der Waals surface area (Å²) in [5.74, 6) is 1.68.